The Kier molecular flexibility index (Phi) is 7.61. The van der Waals surface area contributed by atoms with E-state index in [9.17, 15) is 14.7 Å². The third-order valence-corrected chi connectivity index (χ3v) is 5.40. The van der Waals surface area contributed by atoms with Gasteiger partial charge < -0.3 is 14.6 Å². The van der Waals surface area contributed by atoms with Crippen LogP contribution in [0.15, 0.2) is 60.7 Å². The van der Waals surface area contributed by atoms with Crippen LogP contribution in [0.1, 0.15) is 36.8 Å². The van der Waals surface area contributed by atoms with Crippen LogP contribution in [0.5, 0.6) is 0 Å². The lowest BCUT2D eigenvalue weighted by Crippen LogP contribution is -2.38. The molecule has 3 rings (SSSR count). The maximum absolute atomic E-state index is 12.9. The number of carboxylic acid groups (broad SMARTS) is 1. The molecular formula is C24H26N2O5S. The van der Waals surface area contributed by atoms with E-state index in [1.54, 1.807) is 20.8 Å². The summed E-state index contributed by atoms with van der Waals surface area (Å²) in [5, 5.41) is 9.92. The molecule has 8 heteroatoms. The number of ether oxygens (including phenoxy) is 2. The van der Waals surface area contributed by atoms with Gasteiger partial charge in [-0.15, -0.1) is 0 Å². The first-order chi connectivity index (χ1) is 15.2. The Labute approximate surface area is 191 Å². The molecule has 0 aliphatic heterocycles. The van der Waals surface area contributed by atoms with E-state index in [1.165, 1.54) is 4.90 Å². The molecule has 32 heavy (non-hydrogen) atoms. The van der Waals surface area contributed by atoms with E-state index in [-0.39, 0.29) is 24.0 Å². The number of thiazole rings is 1. The Morgan fingerprint density at radius 3 is 2.25 bits per heavy atom. The average Bonchev–Trinajstić information content (AvgIpc) is 3.19. The zero-order chi connectivity index (χ0) is 23.1. The van der Waals surface area contributed by atoms with E-state index in [4.69, 9.17) is 9.47 Å². The quantitative estimate of drug-likeness (QED) is 0.454. The number of benzene rings is 2. The summed E-state index contributed by atoms with van der Waals surface area (Å²) in [7, 11) is 0. The third-order valence-electron chi connectivity index (χ3n) is 4.27. The number of amides is 1. The van der Waals surface area contributed by atoms with Gasteiger partial charge in [0.05, 0.1) is 24.6 Å². The summed E-state index contributed by atoms with van der Waals surface area (Å²) in [5.74, 6) is -1.16. The molecule has 0 spiro atoms. The molecule has 0 bridgehead atoms. The smallest absolute Gasteiger partial charge is 0.416 e. The fraction of sp³-hybridized carbons (Fsp3) is 0.292. The number of hydrogen-bond acceptors (Lipinski definition) is 6. The minimum atomic E-state index is -1.16. The molecule has 0 saturated heterocycles. The molecule has 0 aliphatic rings. The number of rotatable bonds is 8. The average molecular weight is 455 g/mol. The molecule has 0 fully saturated rings. The molecule has 2 aromatic carbocycles. The van der Waals surface area contributed by atoms with Crippen LogP contribution in [0, 0.1) is 0 Å². The van der Waals surface area contributed by atoms with Crippen molar-refractivity contribution in [1.29, 1.82) is 0 Å². The highest BCUT2D eigenvalue weighted by Gasteiger charge is 2.28. The van der Waals surface area contributed by atoms with Gasteiger partial charge in [0.2, 0.25) is 0 Å². The number of carbonyl (C=O) groups excluding carboxylic acids is 1. The predicted molar refractivity (Wildman–Crippen MR) is 124 cm³/mol. The van der Waals surface area contributed by atoms with E-state index in [0.717, 1.165) is 22.5 Å². The van der Waals surface area contributed by atoms with Gasteiger partial charge >= 0.3 is 12.1 Å². The van der Waals surface area contributed by atoms with Gasteiger partial charge in [0, 0.05) is 0 Å². The lowest BCUT2D eigenvalue weighted by Gasteiger charge is -2.25. The fourth-order valence-electron chi connectivity index (χ4n) is 2.86. The van der Waals surface area contributed by atoms with Crippen molar-refractivity contribution in [2.45, 2.75) is 33.0 Å². The van der Waals surface area contributed by atoms with Gasteiger partial charge in [0.25, 0.3) is 0 Å². The van der Waals surface area contributed by atoms with Crippen molar-refractivity contribution in [3.05, 3.63) is 71.9 Å². The monoisotopic (exact) mass is 454 g/mol. The van der Waals surface area contributed by atoms with Crippen molar-refractivity contribution in [1.82, 2.24) is 4.98 Å². The molecule has 168 valence electrons. The molecule has 0 aliphatic carbocycles. The minimum Gasteiger partial charge on any atom is -0.476 e. The number of carboxylic acids is 1. The second-order valence-corrected chi connectivity index (χ2v) is 8.99. The fourth-order valence-corrected chi connectivity index (χ4v) is 3.94. The molecule has 0 atom stereocenters. The second kappa shape index (κ2) is 10.4. The molecule has 0 radical (unpaired) electrons. The van der Waals surface area contributed by atoms with Crippen molar-refractivity contribution in [3.63, 3.8) is 0 Å². The third kappa shape index (κ3) is 6.38. The van der Waals surface area contributed by atoms with Crippen LogP contribution in [-0.4, -0.2) is 40.9 Å². The van der Waals surface area contributed by atoms with Crippen LogP contribution >= 0.6 is 11.3 Å². The van der Waals surface area contributed by atoms with E-state index in [1.807, 2.05) is 60.7 Å². The topological polar surface area (TPSA) is 89.0 Å². The molecule has 3 aromatic rings. The summed E-state index contributed by atoms with van der Waals surface area (Å²) >= 11 is 1.14. The predicted octanol–water partition coefficient (Wildman–Crippen LogP) is 5.47. The highest BCUT2D eigenvalue weighted by molar-refractivity contribution is 7.19. The zero-order valence-electron chi connectivity index (χ0n) is 18.3. The van der Waals surface area contributed by atoms with Gasteiger partial charge in [-0.3, -0.25) is 4.90 Å². The van der Waals surface area contributed by atoms with Gasteiger partial charge in [-0.25, -0.2) is 14.6 Å². The molecule has 1 aromatic heterocycles. The molecule has 0 unspecified atom stereocenters. The summed E-state index contributed by atoms with van der Waals surface area (Å²) in [4.78, 5) is 30.8. The molecule has 7 nitrogen and oxygen atoms in total. The largest absolute Gasteiger partial charge is 0.476 e. The highest BCUT2D eigenvalue weighted by atomic mass is 32.1. The maximum atomic E-state index is 12.9. The Morgan fingerprint density at radius 2 is 1.66 bits per heavy atom. The van der Waals surface area contributed by atoms with Crippen LogP contribution in [0.3, 0.4) is 0 Å². The van der Waals surface area contributed by atoms with Gasteiger partial charge in [-0.2, -0.15) is 0 Å². The van der Waals surface area contributed by atoms with Gasteiger partial charge in [-0.1, -0.05) is 72.0 Å². The zero-order valence-corrected chi connectivity index (χ0v) is 19.1. The van der Waals surface area contributed by atoms with Crippen molar-refractivity contribution in [2.75, 3.05) is 18.1 Å². The van der Waals surface area contributed by atoms with E-state index in [2.05, 4.69) is 4.98 Å². The SMILES string of the molecule is CC(C)(C)OC(=O)N(CCOCc1ccccc1)c1nc(C(=O)O)c(-c2ccccc2)s1. The van der Waals surface area contributed by atoms with Crippen molar-refractivity contribution in [2.24, 2.45) is 0 Å². The summed E-state index contributed by atoms with van der Waals surface area (Å²) in [5.41, 5.74) is 0.924. The Bertz CT molecular complexity index is 1050. The first-order valence-corrected chi connectivity index (χ1v) is 11.0. The Balaban J connectivity index is 1.83. The number of aromatic nitrogens is 1. The number of hydrogen-bond donors (Lipinski definition) is 1. The van der Waals surface area contributed by atoms with Crippen molar-refractivity contribution >= 4 is 28.5 Å². The van der Waals surface area contributed by atoms with Crippen molar-refractivity contribution < 1.29 is 24.2 Å². The van der Waals surface area contributed by atoms with Gasteiger partial charge in [-0.05, 0) is 31.9 Å². The first-order valence-electron chi connectivity index (χ1n) is 10.2. The minimum absolute atomic E-state index is 0.102. The number of anilines is 1. The number of aromatic carboxylic acids is 1. The summed E-state index contributed by atoms with van der Waals surface area (Å²) < 4.78 is 11.3. The molecule has 0 saturated carbocycles. The van der Waals surface area contributed by atoms with Crippen LogP contribution in [0.2, 0.25) is 0 Å². The van der Waals surface area contributed by atoms with Crippen LogP contribution in [0.25, 0.3) is 10.4 Å². The van der Waals surface area contributed by atoms with Crippen LogP contribution in [0.4, 0.5) is 9.93 Å². The Hall–Kier alpha value is -3.23. The molecular weight excluding hydrogens is 428 g/mol. The Morgan fingerprint density at radius 1 is 1.03 bits per heavy atom. The van der Waals surface area contributed by atoms with E-state index < -0.39 is 17.7 Å². The van der Waals surface area contributed by atoms with Gasteiger partial charge in [0.1, 0.15) is 5.60 Å². The van der Waals surface area contributed by atoms with E-state index >= 15 is 0 Å². The highest BCUT2D eigenvalue weighted by Crippen LogP contribution is 2.35. The van der Waals surface area contributed by atoms with Crippen LogP contribution < -0.4 is 4.90 Å². The summed E-state index contributed by atoms with van der Waals surface area (Å²) in [6, 6.07) is 18.8. The first kappa shape index (κ1) is 23.4. The molecule has 1 heterocycles. The lowest BCUT2D eigenvalue weighted by molar-refractivity contribution is 0.0554. The second-order valence-electron chi connectivity index (χ2n) is 8.02. The maximum Gasteiger partial charge on any atom is 0.416 e. The van der Waals surface area contributed by atoms with Gasteiger partial charge in [0.15, 0.2) is 10.8 Å². The van der Waals surface area contributed by atoms with E-state index in [0.29, 0.717) is 11.5 Å². The standard InChI is InChI=1S/C24H26N2O5S/c1-24(2,3)31-23(29)26(14-15-30-16-17-10-6-4-7-11-17)22-25-19(21(27)28)20(32-22)18-12-8-5-9-13-18/h4-13H,14-16H2,1-3H3,(H,27,28). The molecule has 1 amide bonds. The summed E-state index contributed by atoms with van der Waals surface area (Å²) in [6.07, 6.45) is -0.605. The number of carbonyl (C=O) groups is 2. The molecule has 1 N–H and O–H groups in total. The lowest BCUT2D eigenvalue weighted by atomic mass is 10.1. The number of nitrogens with zero attached hydrogens (tertiary/aromatic N) is 2. The normalized spacial score (nSPS) is 11.2. The summed E-state index contributed by atoms with van der Waals surface area (Å²) in [6.45, 7) is 6.12. The van der Waals surface area contributed by atoms with Crippen molar-refractivity contribution in [3.8, 4) is 10.4 Å². The van der Waals surface area contributed by atoms with Crippen LogP contribution in [-0.2, 0) is 16.1 Å².